The van der Waals surface area contributed by atoms with Gasteiger partial charge in [0.1, 0.15) is 0 Å². The summed E-state index contributed by atoms with van der Waals surface area (Å²) in [6, 6.07) is 61.2. The molecule has 242 valence electrons. The van der Waals surface area contributed by atoms with Crippen molar-refractivity contribution >= 4 is 41.4 Å². The molecular formula is C49H41N. The Morgan fingerprint density at radius 3 is 0.740 bits per heavy atom. The smallest absolute Gasteiger partial charge is 0.0462 e. The molecule has 0 saturated carbocycles. The van der Waals surface area contributed by atoms with Gasteiger partial charge in [-0.1, -0.05) is 174 Å². The number of nitrogens with zero attached hydrogens (tertiary/aromatic N) is 1. The zero-order valence-corrected chi connectivity index (χ0v) is 28.9. The van der Waals surface area contributed by atoms with Gasteiger partial charge in [-0.15, -0.1) is 0 Å². The van der Waals surface area contributed by atoms with E-state index >= 15 is 0 Å². The molecule has 7 aromatic carbocycles. The Balaban J connectivity index is 1.06. The summed E-state index contributed by atoms with van der Waals surface area (Å²) in [5.41, 5.74) is 16.8. The summed E-state index contributed by atoms with van der Waals surface area (Å²) >= 11 is 0. The minimum atomic E-state index is 1.12. The second kappa shape index (κ2) is 14.9. The van der Waals surface area contributed by atoms with Gasteiger partial charge >= 0.3 is 0 Å². The van der Waals surface area contributed by atoms with Crippen molar-refractivity contribution in [2.24, 2.45) is 0 Å². The number of hydrogen-bond acceptors (Lipinski definition) is 1. The number of benzene rings is 7. The molecule has 1 nitrogen and oxygen atoms in total. The Morgan fingerprint density at radius 2 is 0.460 bits per heavy atom. The molecule has 50 heavy (non-hydrogen) atoms. The highest BCUT2D eigenvalue weighted by atomic mass is 15.1. The highest BCUT2D eigenvalue weighted by molar-refractivity contribution is 5.80. The summed E-state index contributed by atoms with van der Waals surface area (Å²) < 4.78 is 0. The topological polar surface area (TPSA) is 3.24 Å². The van der Waals surface area contributed by atoms with E-state index in [0.717, 1.165) is 28.2 Å². The van der Waals surface area contributed by atoms with E-state index in [1.165, 1.54) is 50.1 Å². The monoisotopic (exact) mass is 643 g/mol. The van der Waals surface area contributed by atoms with Gasteiger partial charge in [0.2, 0.25) is 0 Å². The van der Waals surface area contributed by atoms with Crippen LogP contribution in [0.2, 0.25) is 0 Å². The molecule has 0 aliphatic carbocycles. The van der Waals surface area contributed by atoms with Crippen molar-refractivity contribution in [2.75, 3.05) is 4.90 Å². The van der Waals surface area contributed by atoms with Gasteiger partial charge in [-0.05, 0) is 102 Å². The summed E-state index contributed by atoms with van der Waals surface area (Å²) in [6.07, 6.45) is 8.71. The molecule has 7 aromatic rings. The molecule has 0 N–H and O–H groups in total. The van der Waals surface area contributed by atoms with Gasteiger partial charge in [0, 0.05) is 17.1 Å². The molecule has 0 saturated heterocycles. The number of hydrogen-bond donors (Lipinski definition) is 0. The van der Waals surface area contributed by atoms with E-state index in [1.54, 1.807) is 0 Å². The van der Waals surface area contributed by atoms with Crippen LogP contribution in [0.5, 0.6) is 0 Å². The minimum absolute atomic E-state index is 1.12. The highest BCUT2D eigenvalue weighted by Gasteiger charge is 2.12. The fourth-order valence-corrected chi connectivity index (χ4v) is 6.06. The Kier molecular flexibility index (Phi) is 9.67. The summed E-state index contributed by atoms with van der Waals surface area (Å²) in [5.74, 6) is 0. The lowest BCUT2D eigenvalue weighted by Gasteiger charge is -2.26. The fourth-order valence-electron chi connectivity index (χ4n) is 6.06. The highest BCUT2D eigenvalue weighted by Crippen LogP contribution is 2.35. The van der Waals surface area contributed by atoms with Crippen LogP contribution in [0.15, 0.2) is 170 Å². The molecule has 0 radical (unpaired) electrons. The molecule has 0 atom stereocenters. The number of aryl methyl sites for hydroxylation is 3. The van der Waals surface area contributed by atoms with E-state index < -0.39 is 0 Å². The summed E-state index contributed by atoms with van der Waals surface area (Å²) in [4.78, 5) is 2.31. The van der Waals surface area contributed by atoms with E-state index in [-0.39, 0.29) is 0 Å². The normalized spacial score (nSPS) is 11.3. The predicted molar refractivity (Wildman–Crippen MR) is 217 cm³/mol. The van der Waals surface area contributed by atoms with Gasteiger partial charge in [-0.25, -0.2) is 0 Å². The van der Waals surface area contributed by atoms with Crippen LogP contribution >= 0.6 is 0 Å². The molecule has 0 spiro atoms. The SMILES string of the molecule is Cc1ccc(-c2ccc(C=Cc3ccc(N(c4ccc(C)cc4)c4ccc(C=Cc5ccc(-c6ccc(C)cc6)cc5)cc4)cc3)cc2)cc1. The average molecular weight is 644 g/mol. The number of anilines is 3. The van der Waals surface area contributed by atoms with E-state index in [2.05, 4.69) is 220 Å². The maximum Gasteiger partial charge on any atom is 0.0462 e. The van der Waals surface area contributed by atoms with Crippen LogP contribution in [0, 0.1) is 20.8 Å². The van der Waals surface area contributed by atoms with Gasteiger partial charge in [0.25, 0.3) is 0 Å². The van der Waals surface area contributed by atoms with Crippen molar-refractivity contribution in [3.63, 3.8) is 0 Å². The van der Waals surface area contributed by atoms with Crippen LogP contribution in [0.4, 0.5) is 17.1 Å². The molecule has 0 amide bonds. The van der Waals surface area contributed by atoms with Gasteiger partial charge in [-0.2, -0.15) is 0 Å². The Bertz CT molecular complexity index is 2060. The van der Waals surface area contributed by atoms with Gasteiger partial charge < -0.3 is 4.90 Å². The first-order valence-electron chi connectivity index (χ1n) is 17.2. The lowest BCUT2D eigenvalue weighted by Crippen LogP contribution is -2.09. The summed E-state index contributed by atoms with van der Waals surface area (Å²) in [5, 5.41) is 0. The lowest BCUT2D eigenvalue weighted by molar-refractivity contribution is 1.27. The molecule has 1 heteroatoms. The second-order valence-electron chi connectivity index (χ2n) is 13.0. The molecule has 0 aliphatic rings. The van der Waals surface area contributed by atoms with Crippen molar-refractivity contribution in [1.29, 1.82) is 0 Å². The average Bonchev–Trinajstić information content (AvgIpc) is 3.16. The first-order valence-corrected chi connectivity index (χ1v) is 17.2. The quantitative estimate of drug-likeness (QED) is 0.142. The van der Waals surface area contributed by atoms with Crippen molar-refractivity contribution in [1.82, 2.24) is 0 Å². The van der Waals surface area contributed by atoms with Crippen LogP contribution < -0.4 is 4.90 Å². The van der Waals surface area contributed by atoms with E-state index in [9.17, 15) is 0 Å². The molecule has 0 bridgehead atoms. The van der Waals surface area contributed by atoms with Crippen LogP contribution in [-0.2, 0) is 0 Å². The van der Waals surface area contributed by atoms with Crippen molar-refractivity contribution in [2.45, 2.75) is 20.8 Å². The first kappa shape index (κ1) is 32.4. The maximum atomic E-state index is 2.31. The molecular weight excluding hydrogens is 603 g/mol. The van der Waals surface area contributed by atoms with Crippen LogP contribution in [-0.4, -0.2) is 0 Å². The zero-order valence-electron chi connectivity index (χ0n) is 28.9. The Morgan fingerprint density at radius 1 is 0.260 bits per heavy atom. The minimum Gasteiger partial charge on any atom is -0.311 e. The summed E-state index contributed by atoms with van der Waals surface area (Å²) in [6.45, 7) is 6.37. The largest absolute Gasteiger partial charge is 0.311 e. The predicted octanol–water partition coefficient (Wildman–Crippen LogP) is 13.8. The third kappa shape index (κ3) is 7.92. The third-order valence-corrected chi connectivity index (χ3v) is 9.12. The number of rotatable bonds is 9. The van der Waals surface area contributed by atoms with Crippen LogP contribution in [0.1, 0.15) is 38.9 Å². The van der Waals surface area contributed by atoms with Crippen molar-refractivity contribution < 1.29 is 0 Å². The Labute approximate surface area is 297 Å². The molecule has 0 unspecified atom stereocenters. The second-order valence-corrected chi connectivity index (χ2v) is 13.0. The van der Waals surface area contributed by atoms with E-state index in [0.29, 0.717) is 0 Å². The molecule has 0 heterocycles. The summed E-state index contributed by atoms with van der Waals surface area (Å²) in [7, 11) is 0. The molecule has 0 aromatic heterocycles. The fraction of sp³-hybridized carbons (Fsp3) is 0.0612. The third-order valence-electron chi connectivity index (χ3n) is 9.12. The molecule has 0 fully saturated rings. The first-order chi connectivity index (χ1) is 24.5. The van der Waals surface area contributed by atoms with Crippen molar-refractivity contribution in [3.8, 4) is 22.3 Å². The van der Waals surface area contributed by atoms with Crippen molar-refractivity contribution in [3.05, 3.63) is 209 Å². The maximum absolute atomic E-state index is 2.31. The zero-order chi connectivity index (χ0) is 34.3. The van der Waals surface area contributed by atoms with E-state index in [1.807, 2.05) is 0 Å². The van der Waals surface area contributed by atoms with Gasteiger partial charge in [0.15, 0.2) is 0 Å². The van der Waals surface area contributed by atoms with Crippen LogP contribution in [0.25, 0.3) is 46.6 Å². The van der Waals surface area contributed by atoms with Gasteiger partial charge in [-0.3, -0.25) is 0 Å². The standard InChI is InChI=1S/C49H41N/c1-36-4-22-43(23-5-36)45-26-14-39(15-27-45)10-12-41-18-32-48(33-19-41)50(47-30-8-38(3)9-31-47)49-34-20-42(21-35-49)13-11-40-16-28-46(29-17-40)44-24-6-37(2)7-25-44/h4-35H,1-3H3. The Hall–Kier alpha value is -6.18. The van der Waals surface area contributed by atoms with Crippen LogP contribution in [0.3, 0.4) is 0 Å². The molecule has 7 rings (SSSR count). The lowest BCUT2D eigenvalue weighted by atomic mass is 10.0. The molecule has 0 aliphatic heterocycles. The van der Waals surface area contributed by atoms with Gasteiger partial charge in [0.05, 0.1) is 0 Å². The van der Waals surface area contributed by atoms with E-state index in [4.69, 9.17) is 0 Å².